The van der Waals surface area contributed by atoms with Gasteiger partial charge in [-0.15, -0.1) is 0 Å². The van der Waals surface area contributed by atoms with Gasteiger partial charge in [0.1, 0.15) is 17.3 Å². The van der Waals surface area contributed by atoms with Crippen molar-refractivity contribution in [2.75, 3.05) is 20.8 Å². The quantitative estimate of drug-likeness (QED) is 0.634. The molecular formula is C21H20FN3O4. The summed E-state index contributed by atoms with van der Waals surface area (Å²) in [6.45, 7) is 0.630. The van der Waals surface area contributed by atoms with Crippen LogP contribution < -0.4 is 9.47 Å². The molecule has 0 saturated carbocycles. The van der Waals surface area contributed by atoms with Gasteiger partial charge in [-0.05, 0) is 18.2 Å². The van der Waals surface area contributed by atoms with Crippen LogP contribution in [-0.4, -0.2) is 41.7 Å². The molecule has 1 atom stereocenters. The van der Waals surface area contributed by atoms with E-state index in [9.17, 15) is 9.18 Å². The second kappa shape index (κ2) is 7.90. The van der Waals surface area contributed by atoms with Gasteiger partial charge in [0.2, 0.25) is 5.91 Å². The molecule has 3 aromatic rings. The minimum absolute atomic E-state index is 0.0633. The third-order valence-corrected chi connectivity index (χ3v) is 4.98. The molecule has 1 aliphatic rings. The summed E-state index contributed by atoms with van der Waals surface area (Å²) < 4.78 is 29.9. The maximum atomic E-state index is 13.9. The number of methoxy groups -OCH3 is 2. The third kappa shape index (κ3) is 3.78. The van der Waals surface area contributed by atoms with Crippen molar-refractivity contribution in [3.05, 3.63) is 59.7 Å². The van der Waals surface area contributed by atoms with E-state index in [2.05, 4.69) is 10.1 Å². The summed E-state index contributed by atoms with van der Waals surface area (Å²) in [5.41, 5.74) is 1.12. The highest BCUT2D eigenvalue weighted by Crippen LogP contribution is 2.34. The lowest BCUT2D eigenvalue weighted by Gasteiger charge is -2.16. The monoisotopic (exact) mass is 397 g/mol. The predicted octanol–water partition coefficient (Wildman–Crippen LogP) is 3.41. The van der Waals surface area contributed by atoms with Gasteiger partial charge >= 0.3 is 0 Å². The lowest BCUT2D eigenvalue weighted by molar-refractivity contribution is -0.128. The van der Waals surface area contributed by atoms with Crippen LogP contribution >= 0.6 is 0 Å². The number of carbonyl (C=O) groups is 1. The Hall–Kier alpha value is -3.42. The first-order chi connectivity index (χ1) is 14.1. The molecule has 8 heteroatoms. The van der Waals surface area contributed by atoms with Gasteiger partial charge < -0.3 is 18.9 Å². The van der Waals surface area contributed by atoms with E-state index in [4.69, 9.17) is 14.0 Å². The second-order valence-corrected chi connectivity index (χ2v) is 6.79. The maximum absolute atomic E-state index is 13.9. The molecule has 0 bridgehead atoms. The fourth-order valence-electron chi connectivity index (χ4n) is 3.42. The van der Waals surface area contributed by atoms with Crippen LogP contribution in [0.15, 0.2) is 47.0 Å². The van der Waals surface area contributed by atoms with Crippen LogP contribution in [0.2, 0.25) is 0 Å². The van der Waals surface area contributed by atoms with E-state index in [-0.39, 0.29) is 30.6 Å². The zero-order chi connectivity index (χ0) is 20.4. The number of amides is 1. The highest BCUT2D eigenvalue weighted by atomic mass is 19.1. The molecule has 0 N–H and O–H groups in total. The molecule has 1 fully saturated rings. The van der Waals surface area contributed by atoms with E-state index in [1.54, 1.807) is 55.5 Å². The fraction of sp³-hybridized carbons (Fsp3) is 0.286. The summed E-state index contributed by atoms with van der Waals surface area (Å²) in [6.07, 6.45) is 0.257. The molecule has 29 heavy (non-hydrogen) atoms. The molecule has 1 aliphatic heterocycles. The van der Waals surface area contributed by atoms with Crippen LogP contribution in [0.1, 0.15) is 23.7 Å². The normalized spacial score (nSPS) is 16.3. The molecule has 1 aromatic heterocycles. The van der Waals surface area contributed by atoms with E-state index in [1.165, 1.54) is 6.07 Å². The van der Waals surface area contributed by atoms with Crippen molar-refractivity contribution < 1.29 is 23.2 Å². The predicted molar refractivity (Wildman–Crippen MR) is 102 cm³/mol. The average molecular weight is 397 g/mol. The lowest BCUT2D eigenvalue weighted by atomic mass is 10.1. The van der Waals surface area contributed by atoms with Crippen LogP contribution in [0.25, 0.3) is 11.5 Å². The molecule has 7 nitrogen and oxygen atoms in total. The first-order valence-corrected chi connectivity index (χ1v) is 9.16. The molecule has 2 heterocycles. The Balaban J connectivity index is 1.52. The number of aromatic nitrogens is 2. The highest BCUT2D eigenvalue weighted by Gasteiger charge is 2.34. The number of rotatable bonds is 6. The van der Waals surface area contributed by atoms with Crippen LogP contribution in [-0.2, 0) is 11.3 Å². The Kier molecular flexibility index (Phi) is 5.16. The third-order valence-electron chi connectivity index (χ3n) is 4.98. The molecule has 0 radical (unpaired) electrons. The van der Waals surface area contributed by atoms with Gasteiger partial charge in [0.25, 0.3) is 5.89 Å². The maximum Gasteiger partial charge on any atom is 0.261 e. The van der Waals surface area contributed by atoms with Gasteiger partial charge in [0, 0.05) is 37.1 Å². The van der Waals surface area contributed by atoms with E-state index >= 15 is 0 Å². The molecule has 1 amide bonds. The molecular weight excluding hydrogens is 377 g/mol. The zero-order valence-electron chi connectivity index (χ0n) is 16.1. The molecule has 0 aliphatic carbocycles. The van der Waals surface area contributed by atoms with Crippen molar-refractivity contribution in [2.45, 2.75) is 18.9 Å². The van der Waals surface area contributed by atoms with Crippen molar-refractivity contribution in [3.63, 3.8) is 0 Å². The highest BCUT2D eigenvalue weighted by molar-refractivity contribution is 5.79. The summed E-state index contributed by atoms with van der Waals surface area (Å²) in [4.78, 5) is 18.5. The van der Waals surface area contributed by atoms with E-state index in [1.807, 2.05) is 0 Å². The number of carbonyl (C=O) groups excluding carboxylic acids is 1. The van der Waals surface area contributed by atoms with Gasteiger partial charge in [0.15, 0.2) is 5.82 Å². The van der Waals surface area contributed by atoms with Crippen LogP contribution in [0, 0.1) is 5.82 Å². The first-order valence-electron chi connectivity index (χ1n) is 9.16. The Bertz CT molecular complexity index is 1040. The van der Waals surface area contributed by atoms with Crippen molar-refractivity contribution in [1.29, 1.82) is 0 Å². The molecule has 2 aromatic carbocycles. The van der Waals surface area contributed by atoms with E-state index < -0.39 is 0 Å². The molecule has 1 saturated heterocycles. The van der Waals surface area contributed by atoms with Crippen molar-refractivity contribution in [1.82, 2.24) is 15.0 Å². The number of nitrogens with zero attached hydrogens (tertiary/aromatic N) is 3. The van der Waals surface area contributed by atoms with Gasteiger partial charge in [-0.25, -0.2) is 4.39 Å². The molecule has 4 rings (SSSR count). The Morgan fingerprint density at radius 3 is 2.79 bits per heavy atom. The summed E-state index contributed by atoms with van der Waals surface area (Å²) in [5, 5.41) is 4.06. The molecule has 0 spiro atoms. The van der Waals surface area contributed by atoms with Gasteiger partial charge in [-0.2, -0.15) is 4.98 Å². The van der Waals surface area contributed by atoms with Gasteiger partial charge in [-0.3, -0.25) is 4.79 Å². The standard InChI is InChI=1S/C21H20FN3O4/c1-27-15-7-8-16(18(10-15)28-2)21-23-20(24-29-21)14-9-19(26)25(12-14)11-13-5-3-4-6-17(13)22/h3-8,10,14H,9,11-12H2,1-2H3. The summed E-state index contributed by atoms with van der Waals surface area (Å²) in [6, 6.07) is 11.7. The molecule has 1 unspecified atom stereocenters. The number of hydrogen-bond acceptors (Lipinski definition) is 6. The number of ether oxygens (including phenoxy) is 2. The minimum Gasteiger partial charge on any atom is -0.497 e. The van der Waals surface area contributed by atoms with Crippen LogP contribution in [0.5, 0.6) is 11.5 Å². The Morgan fingerprint density at radius 2 is 2.03 bits per heavy atom. The number of halogens is 1. The van der Waals surface area contributed by atoms with Crippen LogP contribution in [0.3, 0.4) is 0 Å². The minimum atomic E-state index is -0.322. The van der Waals surface area contributed by atoms with Crippen LogP contribution in [0.4, 0.5) is 4.39 Å². The Morgan fingerprint density at radius 1 is 1.21 bits per heavy atom. The van der Waals surface area contributed by atoms with Crippen molar-refractivity contribution >= 4 is 5.91 Å². The van der Waals surface area contributed by atoms with Gasteiger partial charge in [0.05, 0.1) is 19.8 Å². The summed E-state index contributed by atoms with van der Waals surface area (Å²) in [7, 11) is 3.12. The van der Waals surface area contributed by atoms with Gasteiger partial charge in [-0.1, -0.05) is 23.4 Å². The van der Waals surface area contributed by atoms with Crippen molar-refractivity contribution in [3.8, 4) is 23.0 Å². The fourth-order valence-corrected chi connectivity index (χ4v) is 3.42. The van der Waals surface area contributed by atoms with E-state index in [0.29, 0.717) is 40.9 Å². The number of hydrogen-bond donors (Lipinski definition) is 0. The summed E-state index contributed by atoms with van der Waals surface area (Å²) >= 11 is 0. The second-order valence-electron chi connectivity index (χ2n) is 6.79. The Labute approximate surface area is 167 Å². The summed E-state index contributed by atoms with van der Waals surface area (Å²) in [5.74, 6) is 1.35. The molecule has 150 valence electrons. The topological polar surface area (TPSA) is 77.7 Å². The smallest absolute Gasteiger partial charge is 0.261 e. The van der Waals surface area contributed by atoms with E-state index in [0.717, 1.165) is 0 Å². The zero-order valence-corrected chi connectivity index (χ0v) is 16.1. The first kappa shape index (κ1) is 18.9. The number of benzene rings is 2. The average Bonchev–Trinajstić information content (AvgIpc) is 3.36. The lowest BCUT2D eigenvalue weighted by Crippen LogP contribution is -2.25. The SMILES string of the molecule is COc1ccc(-c2nc(C3CC(=O)N(Cc4ccccc4F)C3)no2)c(OC)c1. The van der Waals surface area contributed by atoms with Crippen molar-refractivity contribution in [2.24, 2.45) is 0 Å². The largest absolute Gasteiger partial charge is 0.497 e. The number of likely N-dealkylation sites (tertiary alicyclic amines) is 1.